The van der Waals surface area contributed by atoms with Crippen molar-refractivity contribution >= 4 is 14.1 Å². The normalized spacial score (nSPS) is 35.2. The van der Waals surface area contributed by atoms with E-state index in [1.54, 1.807) is 0 Å². The van der Waals surface area contributed by atoms with Crippen molar-refractivity contribution in [2.45, 2.75) is 96.4 Å². The highest BCUT2D eigenvalue weighted by Gasteiger charge is 2.63. The largest absolute Gasteiger partial charge is 0.417 e. The molecule has 5 atom stereocenters. The molecule has 5 nitrogen and oxygen atoms in total. The van der Waals surface area contributed by atoms with Crippen LogP contribution in [0.5, 0.6) is 0 Å². The van der Waals surface area contributed by atoms with Gasteiger partial charge in [0, 0.05) is 18.6 Å². The molecule has 0 spiro atoms. The number of hydrogen-bond donors (Lipinski definition) is 1. The standard InChI is InChI=1S/C29H44O5Si/c1-26(2,3)35(6,7)33-18-14-24-29(31,20-32-25(34-24)21-11-9-8-10-12-21)17-16-28-15-13-22(19-23(28)30)27(28,4)5/h8-12,16-17,22,24-25,31H,13-15,18-20H2,1-7H3/b17-16+/t22?,24-,25+,28?,29-/m0/s1. The van der Waals surface area contributed by atoms with E-state index in [1.807, 2.05) is 42.5 Å². The molecule has 2 saturated carbocycles. The molecule has 0 amide bonds. The van der Waals surface area contributed by atoms with Crippen LogP contribution in [0.4, 0.5) is 0 Å². The highest BCUT2D eigenvalue weighted by atomic mass is 28.4. The summed E-state index contributed by atoms with van der Waals surface area (Å²) in [4.78, 5) is 13.0. The SMILES string of the molecule is CC1(C)C2CCC1(/C=C/[C@]1(O)CO[C@@H](c3ccccc3)O[C@H]1CCO[Si](C)(C)C(C)(C)C)C(=O)C2. The van der Waals surface area contributed by atoms with Gasteiger partial charge in [-0.15, -0.1) is 0 Å². The van der Waals surface area contributed by atoms with Crippen molar-refractivity contribution in [3.05, 3.63) is 48.0 Å². The number of carbonyl (C=O) groups is 1. The van der Waals surface area contributed by atoms with Gasteiger partial charge >= 0.3 is 0 Å². The topological polar surface area (TPSA) is 65.0 Å². The molecule has 194 valence electrons. The van der Waals surface area contributed by atoms with Gasteiger partial charge in [0.1, 0.15) is 11.4 Å². The molecule has 2 aliphatic carbocycles. The third-order valence-corrected chi connectivity index (χ3v) is 14.2. The summed E-state index contributed by atoms with van der Waals surface area (Å²) >= 11 is 0. The summed E-state index contributed by atoms with van der Waals surface area (Å²) in [6.07, 6.45) is 5.88. The molecule has 3 aliphatic rings. The van der Waals surface area contributed by atoms with Crippen molar-refractivity contribution < 1.29 is 23.8 Å². The first kappa shape index (κ1) is 26.7. The number of ether oxygens (including phenoxy) is 2. The number of allylic oxidation sites excluding steroid dienone is 1. The predicted molar refractivity (Wildman–Crippen MR) is 140 cm³/mol. The zero-order valence-corrected chi connectivity index (χ0v) is 23.6. The zero-order chi connectivity index (χ0) is 25.7. The quantitative estimate of drug-likeness (QED) is 0.357. The zero-order valence-electron chi connectivity index (χ0n) is 22.6. The van der Waals surface area contributed by atoms with Crippen molar-refractivity contribution in [2.24, 2.45) is 16.7 Å². The van der Waals surface area contributed by atoms with Crippen LogP contribution in [0, 0.1) is 16.7 Å². The molecule has 4 rings (SSSR count). The Morgan fingerprint density at radius 1 is 1.17 bits per heavy atom. The Hall–Kier alpha value is -1.31. The van der Waals surface area contributed by atoms with Crippen LogP contribution < -0.4 is 0 Å². The lowest BCUT2D eigenvalue weighted by atomic mass is 9.68. The van der Waals surface area contributed by atoms with E-state index in [2.05, 4.69) is 47.7 Å². The summed E-state index contributed by atoms with van der Waals surface area (Å²) in [7, 11) is -1.93. The lowest BCUT2D eigenvalue weighted by molar-refractivity contribution is -0.282. The molecule has 1 heterocycles. The van der Waals surface area contributed by atoms with Gasteiger partial charge in [0.25, 0.3) is 0 Å². The first-order valence-electron chi connectivity index (χ1n) is 13.1. The summed E-state index contributed by atoms with van der Waals surface area (Å²) < 4.78 is 18.9. The first-order valence-corrected chi connectivity index (χ1v) is 16.0. The second-order valence-electron chi connectivity index (χ2n) is 13.0. The minimum atomic E-state index is -1.93. The van der Waals surface area contributed by atoms with Crippen LogP contribution in [0.25, 0.3) is 0 Å². The van der Waals surface area contributed by atoms with E-state index < -0.39 is 31.7 Å². The van der Waals surface area contributed by atoms with Crippen LogP contribution in [0.1, 0.15) is 72.2 Å². The molecule has 1 aliphatic heterocycles. The Kier molecular flexibility index (Phi) is 7.04. The molecule has 6 heteroatoms. The number of ketones is 1. The van der Waals surface area contributed by atoms with E-state index in [1.165, 1.54) is 0 Å². The monoisotopic (exact) mass is 500 g/mol. The summed E-state index contributed by atoms with van der Waals surface area (Å²) in [6.45, 7) is 16.2. The fourth-order valence-corrected chi connectivity index (χ4v) is 6.95. The van der Waals surface area contributed by atoms with Crippen molar-refractivity contribution in [2.75, 3.05) is 13.2 Å². The average molecular weight is 501 g/mol. The van der Waals surface area contributed by atoms with Crippen LogP contribution >= 0.6 is 0 Å². The second-order valence-corrected chi connectivity index (χ2v) is 17.8. The number of fused-ring (bicyclic) bond motifs is 2. The molecule has 2 unspecified atom stereocenters. The molecule has 35 heavy (non-hydrogen) atoms. The maximum Gasteiger partial charge on any atom is 0.191 e. The van der Waals surface area contributed by atoms with Gasteiger partial charge in [0.2, 0.25) is 0 Å². The van der Waals surface area contributed by atoms with Gasteiger partial charge in [0.15, 0.2) is 14.6 Å². The maximum atomic E-state index is 13.0. The number of aliphatic hydroxyl groups is 1. The van der Waals surface area contributed by atoms with Gasteiger partial charge in [0.05, 0.1) is 18.1 Å². The lowest BCUT2D eigenvalue weighted by Crippen LogP contribution is -2.52. The molecule has 3 fully saturated rings. The number of benzene rings is 1. The van der Waals surface area contributed by atoms with Gasteiger partial charge in [-0.3, -0.25) is 4.79 Å². The summed E-state index contributed by atoms with van der Waals surface area (Å²) in [6, 6.07) is 9.84. The van der Waals surface area contributed by atoms with E-state index in [4.69, 9.17) is 13.9 Å². The van der Waals surface area contributed by atoms with Crippen molar-refractivity contribution in [3.63, 3.8) is 0 Å². The molecule has 2 bridgehead atoms. The molecule has 0 aromatic heterocycles. The van der Waals surface area contributed by atoms with Crippen molar-refractivity contribution in [3.8, 4) is 0 Å². The molecule has 1 saturated heterocycles. The van der Waals surface area contributed by atoms with Crippen molar-refractivity contribution in [1.82, 2.24) is 0 Å². The van der Waals surface area contributed by atoms with E-state index >= 15 is 0 Å². The smallest absolute Gasteiger partial charge is 0.191 e. The fourth-order valence-electron chi connectivity index (χ4n) is 5.89. The van der Waals surface area contributed by atoms with Crippen molar-refractivity contribution in [1.29, 1.82) is 0 Å². The molecule has 1 aromatic carbocycles. The molecule has 1 aromatic rings. The van der Waals surface area contributed by atoms with E-state index in [0.717, 1.165) is 18.4 Å². The fraction of sp³-hybridized carbons (Fsp3) is 0.690. The van der Waals surface area contributed by atoms with Crippen LogP contribution in [-0.4, -0.2) is 44.1 Å². The third kappa shape index (κ3) is 4.73. The van der Waals surface area contributed by atoms with Crippen LogP contribution in [-0.2, 0) is 18.7 Å². The minimum Gasteiger partial charge on any atom is -0.417 e. The Labute approximate surface area is 212 Å². The Morgan fingerprint density at radius 2 is 1.86 bits per heavy atom. The van der Waals surface area contributed by atoms with Gasteiger partial charge in [-0.05, 0) is 48.7 Å². The van der Waals surface area contributed by atoms with Gasteiger partial charge in [-0.25, -0.2) is 0 Å². The summed E-state index contributed by atoms with van der Waals surface area (Å²) in [5, 5.41) is 11.9. The molecule has 1 N–H and O–H groups in total. The number of hydrogen-bond acceptors (Lipinski definition) is 5. The van der Waals surface area contributed by atoms with Gasteiger partial charge < -0.3 is 19.0 Å². The summed E-state index contributed by atoms with van der Waals surface area (Å²) in [5.41, 5.74) is -1.00. The number of Topliss-reactive ketones (excluding diaryl/α,β-unsaturated/α-hetero) is 1. The van der Waals surface area contributed by atoms with E-state index in [0.29, 0.717) is 31.1 Å². The van der Waals surface area contributed by atoms with E-state index in [9.17, 15) is 9.90 Å². The minimum absolute atomic E-state index is 0.0964. The number of rotatable bonds is 7. The Bertz CT molecular complexity index is 950. The van der Waals surface area contributed by atoms with E-state index in [-0.39, 0.29) is 17.1 Å². The van der Waals surface area contributed by atoms with Crippen LogP contribution in [0.15, 0.2) is 42.5 Å². The van der Waals surface area contributed by atoms with Crippen LogP contribution in [0.3, 0.4) is 0 Å². The van der Waals surface area contributed by atoms with Gasteiger partial charge in [-0.1, -0.05) is 77.1 Å². The lowest BCUT2D eigenvalue weighted by Gasteiger charge is -2.43. The number of carbonyl (C=O) groups excluding carboxylic acids is 1. The van der Waals surface area contributed by atoms with Crippen LogP contribution in [0.2, 0.25) is 18.1 Å². The Morgan fingerprint density at radius 3 is 2.43 bits per heavy atom. The first-order chi connectivity index (χ1) is 16.2. The molecular weight excluding hydrogens is 456 g/mol. The summed E-state index contributed by atoms with van der Waals surface area (Å²) in [5.74, 6) is 0.723. The molecule has 0 radical (unpaired) electrons. The van der Waals surface area contributed by atoms with Gasteiger partial charge in [-0.2, -0.15) is 0 Å². The highest BCUT2D eigenvalue weighted by Crippen LogP contribution is 2.64. The second kappa shape index (κ2) is 9.21. The maximum absolute atomic E-state index is 13.0. The Balaban J connectivity index is 1.56. The average Bonchev–Trinajstić information content (AvgIpc) is 3.14. The third-order valence-electron chi connectivity index (χ3n) is 9.68. The predicted octanol–water partition coefficient (Wildman–Crippen LogP) is 6.20. The highest BCUT2D eigenvalue weighted by molar-refractivity contribution is 6.74. The molecular formula is C29H44O5Si.